The van der Waals surface area contributed by atoms with Gasteiger partial charge in [0.15, 0.2) is 0 Å². The highest BCUT2D eigenvalue weighted by Crippen LogP contribution is 2.17. The predicted molar refractivity (Wildman–Crippen MR) is 61.0 cm³/mol. The van der Waals surface area contributed by atoms with E-state index >= 15 is 0 Å². The monoisotopic (exact) mass is 188 g/mol. The standard InChI is InChI=1S/C11H24S/c1-3-5-7-9-11(10-12)8-6-4-2/h11-12H,3-10H2,1-2H3. The molecule has 0 radical (unpaired) electrons. The van der Waals surface area contributed by atoms with Gasteiger partial charge in [-0.3, -0.25) is 0 Å². The second-order valence-corrected chi connectivity index (χ2v) is 4.05. The van der Waals surface area contributed by atoms with Crippen molar-refractivity contribution < 1.29 is 0 Å². The first-order chi connectivity index (χ1) is 5.85. The number of hydrogen-bond acceptors (Lipinski definition) is 1. The summed E-state index contributed by atoms with van der Waals surface area (Å²) in [5.41, 5.74) is 0. The summed E-state index contributed by atoms with van der Waals surface area (Å²) >= 11 is 4.39. The van der Waals surface area contributed by atoms with Crippen molar-refractivity contribution in [3.63, 3.8) is 0 Å². The van der Waals surface area contributed by atoms with Crippen molar-refractivity contribution in [1.29, 1.82) is 0 Å². The molecule has 0 N–H and O–H groups in total. The van der Waals surface area contributed by atoms with Crippen LogP contribution < -0.4 is 0 Å². The highest BCUT2D eigenvalue weighted by atomic mass is 32.1. The van der Waals surface area contributed by atoms with Crippen LogP contribution in [0.3, 0.4) is 0 Å². The summed E-state index contributed by atoms with van der Waals surface area (Å²) in [5.74, 6) is 1.98. The summed E-state index contributed by atoms with van der Waals surface area (Å²) in [6.07, 6.45) is 9.66. The van der Waals surface area contributed by atoms with Gasteiger partial charge in [-0.05, 0) is 24.5 Å². The van der Waals surface area contributed by atoms with Gasteiger partial charge in [0.2, 0.25) is 0 Å². The van der Waals surface area contributed by atoms with Crippen LogP contribution in [0.5, 0.6) is 0 Å². The van der Waals surface area contributed by atoms with Crippen molar-refractivity contribution in [3.8, 4) is 0 Å². The lowest BCUT2D eigenvalue weighted by molar-refractivity contribution is 0.455. The average molecular weight is 188 g/mol. The highest BCUT2D eigenvalue weighted by Gasteiger charge is 2.04. The molecule has 1 unspecified atom stereocenters. The fourth-order valence-electron chi connectivity index (χ4n) is 1.50. The summed E-state index contributed by atoms with van der Waals surface area (Å²) in [6, 6.07) is 0. The van der Waals surface area contributed by atoms with E-state index in [4.69, 9.17) is 0 Å². The van der Waals surface area contributed by atoms with Gasteiger partial charge in [0.25, 0.3) is 0 Å². The Morgan fingerprint density at radius 2 is 1.50 bits per heavy atom. The van der Waals surface area contributed by atoms with Crippen molar-refractivity contribution in [2.75, 3.05) is 5.75 Å². The number of rotatable bonds is 8. The fourth-order valence-corrected chi connectivity index (χ4v) is 1.87. The summed E-state index contributed by atoms with van der Waals surface area (Å²) in [4.78, 5) is 0. The van der Waals surface area contributed by atoms with Crippen LogP contribution in [0.1, 0.15) is 58.8 Å². The maximum atomic E-state index is 4.39. The quantitative estimate of drug-likeness (QED) is 0.426. The second-order valence-electron chi connectivity index (χ2n) is 3.69. The maximum Gasteiger partial charge on any atom is -0.00695 e. The van der Waals surface area contributed by atoms with Crippen LogP contribution in [0.4, 0.5) is 0 Å². The molecule has 0 spiro atoms. The van der Waals surface area contributed by atoms with Gasteiger partial charge in [-0.2, -0.15) is 12.6 Å². The topological polar surface area (TPSA) is 0 Å². The first-order valence-electron chi connectivity index (χ1n) is 5.46. The summed E-state index contributed by atoms with van der Waals surface area (Å²) in [7, 11) is 0. The molecule has 0 aliphatic rings. The van der Waals surface area contributed by atoms with Gasteiger partial charge in [-0.1, -0.05) is 46.0 Å². The molecule has 0 nitrogen and oxygen atoms in total. The van der Waals surface area contributed by atoms with Gasteiger partial charge in [0, 0.05) is 0 Å². The van der Waals surface area contributed by atoms with Crippen LogP contribution in [0.25, 0.3) is 0 Å². The number of unbranched alkanes of at least 4 members (excludes halogenated alkanes) is 3. The third kappa shape index (κ3) is 7.02. The molecule has 0 amide bonds. The Morgan fingerprint density at radius 1 is 0.917 bits per heavy atom. The van der Waals surface area contributed by atoms with Crippen molar-refractivity contribution >= 4 is 12.6 Å². The first kappa shape index (κ1) is 12.3. The molecule has 1 heteroatoms. The molecule has 0 rings (SSSR count). The number of hydrogen-bond donors (Lipinski definition) is 1. The highest BCUT2D eigenvalue weighted by molar-refractivity contribution is 7.80. The molecule has 0 saturated carbocycles. The van der Waals surface area contributed by atoms with E-state index in [1.807, 2.05) is 0 Å². The van der Waals surface area contributed by atoms with E-state index in [1.165, 1.54) is 44.9 Å². The molecular weight excluding hydrogens is 164 g/mol. The van der Waals surface area contributed by atoms with Gasteiger partial charge >= 0.3 is 0 Å². The van der Waals surface area contributed by atoms with E-state index in [0.29, 0.717) is 0 Å². The normalized spacial score (nSPS) is 13.2. The first-order valence-corrected chi connectivity index (χ1v) is 6.09. The van der Waals surface area contributed by atoms with Gasteiger partial charge in [-0.25, -0.2) is 0 Å². The largest absolute Gasteiger partial charge is 0.179 e. The van der Waals surface area contributed by atoms with Crippen molar-refractivity contribution in [3.05, 3.63) is 0 Å². The molecule has 1 atom stereocenters. The van der Waals surface area contributed by atoms with Gasteiger partial charge in [-0.15, -0.1) is 0 Å². The van der Waals surface area contributed by atoms with Crippen LogP contribution in [0.2, 0.25) is 0 Å². The fraction of sp³-hybridized carbons (Fsp3) is 1.00. The van der Waals surface area contributed by atoms with Crippen LogP contribution in [-0.2, 0) is 0 Å². The van der Waals surface area contributed by atoms with Gasteiger partial charge in [0.1, 0.15) is 0 Å². The lowest BCUT2D eigenvalue weighted by Gasteiger charge is -2.12. The van der Waals surface area contributed by atoms with E-state index < -0.39 is 0 Å². The van der Waals surface area contributed by atoms with Crippen LogP contribution in [0, 0.1) is 5.92 Å². The molecule has 0 aromatic rings. The molecule has 0 saturated heterocycles. The minimum atomic E-state index is 0.889. The van der Waals surface area contributed by atoms with Gasteiger partial charge < -0.3 is 0 Å². The molecule has 74 valence electrons. The molecular formula is C11H24S. The second kappa shape index (κ2) is 9.44. The van der Waals surface area contributed by atoms with E-state index in [2.05, 4.69) is 26.5 Å². The Hall–Kier alpha value is 0.350. The molecule has 0 heterocycles. The summed E-state index contributed by atoms with van der Waals surface area (Å²) < 4.78 is 0. The van der Waals surface area contributed by atoms with Gasteiger partial charge in [0.05, 0.1) is 0 Å². The van der Waals surface area contributed by atoms with Crippen LogP contribution in [-0.4, -0.2) is 5.75 Å². The molecule has 12 heavy (non-hydrogen) atoms. The zero-order valence-electron chi connectivity index (χ0n) is 8.68. The zero-order chi connectivity index (χ0) is 9.23. The lowest BCUT2D eigenvalue weighted by Crippen LogP contribution is -2.02. The molecule has 0 fully saturated rings. The minimum absolute atomic E-state index is 0.889. The van der Waals surface area contributed by atoms with Crippen molar-refractivity contribution in [1.82, 2.24) is 0 Å². The zero-order valence-corrected chi connectivity index (χ0v) is 9.58. The molecule has 0 aromatic carbocycles. The molecule has 0 aromatic heterocycles. The lowest BCUT2D eigenvalue weighted by atomic mass is 9.97. The number of thiol groups is 1. The Morgan fingerprint density at radius 3 is 2.00 bits per heavy atom. The Balaban J connectivity index is 3.26. The van der Waals surface area contributed by atoms with Crippen LogP contribution >= 0.6 is 12.6 Å². The van der Waals surface area contributed by atoms with E-state index in [1.54, 1.807) is 0 Å². The maximum absolute atomic E-state index is 4.39. The Labute approximate surface area is 83.5 Å². The van der Waals surface area contributed by atoms with Crippen LogP contribution in [0.15, 0.2) is 0 Å². The van der Waals surface area contributed by atoms with E-state index in [-0.39, 0.29) is 0 Å². The van der Waals surface area contributed by atoms with Crippen molar-refractivity contribution in [2.45, 2.75) is 58.8 Å². The molecule has 0 aliphatic carbocycles. The van der Waals surface area contributed by atoms with E-state index in [0.717, 1.165) is 11.7 Å². The predicted octanol–water partition coefficient (Wildman–Crippen LogP) is 4.30. The third-order valence-corrected chi connectivity index (χ3v) is 2.96. The molecule has 0 aliphatic heterocycles. The Bertz CT molecular complexity index is 81.1. The average Bonchev–Trinajstić information content (AvgIpc) is 2.11. The smallest absolute Gasteiger partial charge is 0.00695 e. The summed E-state index contributed by atoms with van der Waals surface area (Å²) in [6.45, 7) is 4.53. The molecule has 0 bridgehead atoms. The summed E-state index contributed by atoms with van der Waals surface area (Å²) in [5, 5.41) is 0. The SMILES string of the molecule is CCCCCC(CS)CCCC. The minimum Gasteiger partial charge on any atom is -0.179 e. The third-order valence-electron chi connectivity index (χ3n) is 2.44. The van der Waals surface area contributed by atoms with Crippen molar-refractivity contribution in [2.24, 2.45) is 5.92 Å². The van der Waals surface area contributed by atoms with E-state index in [9.17, 15) is 0 Å². The Kier molecular flexibility index (Phi) is 9.71.